The van der Waals surface area contributed by atoms with Gasteiger partial charge < -0.3 is 33.5 Å². The van der Waals surface area contributed by atoms with Crippen molar-refractivity contribution in [2.24, 2.45) is 0 Å². The molecule has 7 nitrogen and oxygen atoms in total. The Morgan fingerprint density at radius 1 is 0.391 bits per heavy atom. The van der Waals surface area contributed by atoms with E-state index in [0.717, 1.165) is 39.4 Å². The Morgan fingerprint density at radius 2 is 0.609 bits per heavy atom. The first kappa shape index (κ1) is 20.8. The summed E-state index contributed by atoms with van der Waals surface area (Å²) in [5, 5.41) is 0. The van der Waals surface area contributed by atoms with Crippen LogP contribution in [0.4, 0.5) is 0 Å². The van der Waals surface area contributed by atoms with E-state index in [0.29, 0.717) is 52.9 Å². The van der Waals surface area contributed by atoms with Crippen molar-refractivity contribution in [3.05, 3.63) is 0 Å². The minimum atomic E-state index is 0.618. The molecule has 1 fully saturated rings. The molecule has 0 aliphatic carbocycles. The molecule has 0 unspecified atom stereocenters. The minimum absolute atomic E-state index is 0.618. The van der Waals surface area contributed by atoms with Crippen molar-refractivity contribution in [2.45, 2.75) is 0 Å². The molecule has 0 aromatic rings. The van der Waals surface area contributed by atoms with E-state index in [1.165, 1.54) is 0 Å². The van der Waals surface area contributed by atoms with Gasteiger partial charge in [0, 0.05) is 26.2 Å². The van der Waals surface area contributed by atoms with Gasteiger partial charge in [0.2, 0.25) is 0 Å². The second-order valence-electron chi connectivity index (χ2n) is 5.67. The van der Waals surface area contributed by atoms with Crippen LogP contribution in [0.25, 0.3) is 0 Å². The van der Waals surface area contributed by atoms with E-state index in [-0.39, 0.29) is 0 Å². The first-order chi connectivity index (χ1) is 11.3. The standard InChI is InChI=1S/C16H34N2O5/c1-17-3-7-19-11-12-20-8-4-18(2)6-10-22-14-16-23-15-13-21-9-5-17/h3-16H2,1-2H3. The highest BCUT2D eigenvalue weighted by Crippen LogP contribution is 1.89. The van der Waals surface area contributed by atoms with Crippen molar-refractivity contribution in [1.29, 1.82) is 0 Å². The van der Waals surface area contributed by atoms with E-state index >= 15 is 0 Å². The summed E-state index contributed by atoms with van der Waals surface area (Å²) in [7, 11) is 4.14. The highest BCUT2D eigenvalue weighted by Gasteiger charge is 2.01. The summed E-state index contributed by atoms with van der Waals surface area (Å²) in [5.74, 6) is 0. The Kier molecular flexibility index (Phi) is 13.8. The molecule has 0 aromatic carbocycles. The second-order valence-corrected chi connectivity index (χ2v) is 5.67. The van der Waals surface area contributed by atoms with E-state index in [2.05, 4.69) is 23.9 Å². The summed E-state index contributed by atoms with van der Waals surface area (Å²) >= 11 is 0. The van der Waals surface area contributed by atoms with Crippen LogP contribution in [-0.4, -0.2) is 116 Å². The molecule has 1 rings (SSSR count). The molecule has 0 N–H and O–H groups in total. The maximum atomic E-state index is 5.57. The first-order valence-electron chi connectivity index (χ1n) is 8.55. The van der Waals surface area contributed by atoms with E-state index < -0.39 is 0 Å². The van der Waals surface area contributed by atoms with Gasteiger partial charge in [0.15, 0.2) is 0 Å². The summed E-state index contributed by atoms with van der Waals surface area (Å²) in [6.45, 7) is 10.3. The van der Waals surface area contributed by atoms with E-state index in [9.17, 15) is 0 Å². The van der Waals surface area contributed by atoms with Crippen molar-refractivity contribution in [2.75, 3.05) is 106 Å². The molecule has 7 heteroatoms. The molecule has 138 valence electrons. The van der Waals surface area contributed by atoms with E-state index in [1.807, 2.05) is 0 Å². The molecule has 1 aliphatic rings. The third-order valence-electron chi connectivity index (χ3n) is 3.59. The SMILES string of the molecule is CN1CCOCCOCCOCCN(C)CCOCCOCC1. The van der Waals surface area contributed by atoms with Crippen LogP contribution < -0.4 is 0 Å². The summed E-state index contributed by atoms with van der Waals surface area (Å²) in [6.07, 6.45) is 0. The third-order valence-corrected chi connectivity index (χ3v) is 3.59. The molecule has 23 heavy (non-hydrogen) atoms. The molecule has 1 aliphatic heterocycles. The average molecular weight is 334 g/mol. The van der Waals surface area contributed by atoms with Crippen LogP contribution in [0.5, 0.6) is 0 Å². The first-order valence-corrected chi connectivity index (χ1v) is 8.55. The molecule has 1 saturated heterocycles. The van der Waals surface area contributed by atoms with Gasteiger partial charge in [-0.15, -0.1) is 0 Å². The molecule has 0 aromatic heterocycles. The van der Waals surface area contributed by atoms with Crippen molar-refractivity contribution >= 4 is 0 Å². The van der Waals surface area contributed by atoms with E-state index in [1.54, 1.807) is 0 Å². The quantitative estimate of drug-likeness (QED) is 0.615. The Morgan fingerprint density at radius 3 is 0.870 bits per heavy atom. The summed E-state index contributed by atoms with van der Waals surface area (Å²) < 4.78 is 27.7. The number of nitrogens with zero attached hydrogens (tertiary/aromatic N) is 2. The minimum Gasteiger partial charge on any atom is -0.378 e. The van der Waals surface area contributed by atoms with Gasteiger partial charge in [-0.05, 0) is 14.1 Å². The maximum absolute atomic E-state index is 5.57. The lowest BCUT2D eigenvalue weighted by atomic mass is 10.5. The molecule has 0 bridgehead atoms. The molecular weight excluding hydrogens is 300 g/mol. The van der Waals surface area contributed by atoms with Gasteiger partial charge in [-0.3, -0.25) is 0 Å². The number of rotatable bonds is 0. The fourth-order valence-corrected chi connectivity index (χ4v) is 1.97. The van der Waals surface area contributed by atoms with Gasteiger partial charge in [-0.1, -0.05) is 0 Å². The van der Waals surface area contributed by atoms with Crippen LogP contribution in [0, 0.1) is 0 Å². The summed E-state index contributed by atoms with van der Waals surface area (Å²) in [6, 6.07) is 0. The predicted molar refractivity (Wildman–Crippen MR) is 89.1 cm³/mol. The molecule has 0 amide bonds. The Bertz CT molecular complexity index is 235. The fourth-order valence-electron chi connectivity index (χ4n) is 1.97. The summed E-state index contributed by atoms with van der Waals surface area (Å²) in [4.78, 5) is 4.40. The zero-order valence-electron chi connectivity index (χ0n) is 14.8. The molecule has 0 atom stereocenters. The zero-order valence-corrected chi connectivity index (χ0v) is 14.8. The van der Waals surface area contributed by atoms with Crippen LogP contribution in [0.1, 0.15) is 0 Å². The van der Waals surface area contributed by atoms with Crippen LogP contribution in [0.2, 0.25) is 0 Å². The molecule has 0 saturated carbocycles. The number of likely N-dealkylation sites (N-methyl/N-ethyl adjacent to an activating group) is 2. The smallest absolute Gasteiger partial charge is 0.0701 e. The fraction of sp³-hybridized carbons (Fsp3) is 1.00. The van der Waals surface area contributed by atoms with Gasteiger partial charge in [0.05, 0.1) is 66.1 Å². The van der Waals surface area contributed by atoms with Crippen LogP contribution in [-0.2, 0) is 23.7 Å². The van der Waals surface area contributed by atoms with Crippen molar-refractivity contribution in [3.8, 4) is 0 Å². The van der Waals surface area contributed by atoms with Gasteiger partial charge in [0.1, 0.15) is 0 Å². The number of ether oxygens (including phenoxy) is 5. The number of hydrogen-bond acceptors (Lipinski definition) is 7. The van der Waals surface area contributed by atoms with Gasteiger partial charge in [0.25, 0.3) is 0 Å². The van der Waals surface area contributed by atoms with Crippen LogP contribution in [0.15, 0.2) is 0 Å². The monoisotopic (exact) mass is 334 g/mol. The summed E-state index contributed by atoms with van der Waals surface area (Å²) in [5.41, 5.74) is 0. The number of hydrogen-bond donors (Lipinski definition) is 0. The molecule has 1 heterocycles. The van der Waals surface area contributed by atoms with Crippen molar-refractivity contribution < 1.29 is 23.7 Å². The topological polar surface area (TPSA) is 52.6 Å². The molecule has 0 spiro atoms. The van der Waals surface area contributed by atoms with Gasteiger partial charge >= 0.3 is 0 Å². The van der Waals surface area contributed by atoms with Crippen molar-refractivity contribution in [3.63, 3.8) is 0 Å². The lowest BCUT2D eigenvalue weighted by Crippen LogP contribution is -2.28. The van der Waals surface area contributed by atoms with Crippen molar-refractivity contribution in [1.82, 2.24) is 9.80 Å². The van der Waals surface area contributed by atoms with E-state index in [4.69, 9.17) is 23.7 Å². The van der Waals surface area contributed by atoms with Gasteiger partial charge in [-0.25, -0.2) is 0 Å². The largest absolute Gasteiger partial charge is 0.378 e. The van der Waals surface area contributed by atoms with Crippen LogP contribution >= 0.6 is 0 Å². The normalized spacial score (nSPS) is 24.8. The Balaban J connectivity index is 2.15. The van der Waals surface area contributed by atoms with Gasteiger partial charge in [-0.2, -0.15) is 0 Å². The lowest BCUT2D eigenvalue weighted by Gasteiger charge is -2.17. The second kappa shape index (κ2) is 15.3. The Labute approximate surface area is 140 Å². The Hall–Kier alpha value is -0.280. The third kappa shape index (κ3) is 13.8. The van der Waals surface area contributed by atoms with Crippen LogP contribution in [0.3, 0.4) is 0 Å². The predicted octanol–water partition coefficient (Wildman–Crippen LogP) is -0.0534. The highest BCUT2D eigenvalue weighted by molar-refractivity contribution is 4.51. The highest BCUT2D eigenvalue weighted by atomic mass is 16.5. The average Bonchev–Trinajstić information content (AvgIpc) is 2.54. The molecule has 0 radical (unpaired) electrons. The zero-order chi connectivity index (χ0) is 16.6. The maximum Gasteiger partial charge on any atom is 0.0701 e. The lowest BCUT2D eigenvalue weighted by molar-refractivity contribution is 0.00808. The molecular formula is C16H34N2O5.